The topological polar surface area (TPSA) is 88.7 Å². The van der Waals surface area contributed by atoms with Crippen LogP contribution in [0, 0.1) is 0 Å². The zero-order chi connectivity index (χ0) is 21.9. The van der Waals surface area contributed by atoms with Gasteiger partial charge in [0.2, 0.25) is 0 Å². The zero-order valence-corrected chi connectivity index (χ0v) is 19.2. The van der Waals surface area contributed by atoms with Crippen LogP contribution in [-0.4, -0.2) is 43.8 Å². The second-order valence-corrected chi connectivity index (χ2v) is 7.55. The summed E-state index contributed by atoms with van der Waals surface area (Å²) in [5.74, 6) is -0.161. The summed E-state index contributed by atoms with van der Waals surface area (Å²) in [4.78, 5) is 24.8. The number of hydrogen-bond acceptors (Lipinski definition) is 5. The number of amides is 2. The van der Waals surface area contributed by atoms with Gasteiger partial charge in [0.25, 0.3) is 11.8 Å². The van der Waals surface area contributed by atoms with Crippen LogP contribution >= 0.6 is 28.1 Å². The van der Waals surface area contributed by atoms with E-state index in [2.05, 4.69) is 31.9 Å². The quantitative estimate of drug-likeness (QED) is 0.364. The molecule has 30 heavy (non-hydrogen) atoms. The molecular formula is C21H24BrN3O4S. The molecule has 9 heteroatoms. The van der Waals surface area contributed by atoms with Gasteiger partial charge in [0.15, 0.2) is 5.11 Å². The van der Waals surface area contributed by atoms with E-state index in [1.54, 1.807) is 49.6 Å². The zero-order valence-electron chi connectivity index (χ0n) is 16.8. The van der Waals surface area contributed by atoms with Gasteiger partial charge in [0.1, 0.15) is 12.4 Å². The second-order valence-electron chi connectivity index (χ2n) is 6.23. The molecule has 0 aliphatic rings. The average Bonchev–Trinajstić information content (AvgIpc) is 2.73. The number of carbonyl (C=O) groups is 2. The molecule has 0 aromatic heterocycles. The van der Waals surface area contributed by atoms with Crippen LogP contribution in [0.25, 0.3) is 0 Å². The van der Waals surface area contributed by atoms with Gasteiger partial charge in [-0.1, -0.05) is 28.9 Å². The fourth-order valence-corrected chi connectivity index (χ4v) is 3.02. The maximum absolute atomic E-state index is 12.7. The Morgan fingerprint density at radius 2 is 1.90 bits per heavy atom. The first-order valence-corrected chi connectivity index (χ1v) is 10.6. The van der Waals surface area contributed by atoms with Crippen LogP contribution in [-0.2, 0) is 4.74 Å². The van der Waals surface area contributed by atoms with Crippen molar-refractivity contribution >= 4 is 50.8 Å². The fourth-order valence-electron chi connectivity index (χ4n) is 2.45. The lowest BCUT2D eigenvalue weighted by molar-refractivity contribution is 0.0950. The number of carbonyl (C=O) groups excluding carboxylic acids is 2. The molecule has 2 aromatic carbocycles. The first-order valence-electron chi connectivity index (χ1n) is 9.36. The number of ether oxygens (including phenoxy) is 2. The average molecular weight is 494 g/mol. The summed E-state index contributed by atoms with van der Waals surface area (Å²) in [7, 11) is 1.57. The minimum atomic E-state index is -0.418. The maximum atomic E-state index is 12.7. The lowest BCUT2D eigenvalue weighted by atomic mass is 10.2. The van der Waals surface area contributed by atoms with Crippen LogP contribution in [0.1, 0.15) is 34.1 Å². The number of halogens is 1. The van der Waals surface area contributed by atoms with E-state index in [4.69, 9.17) is 21.7 Å². The van der Waals surface area contributed by atoms with Crippen molar-refractivity contribution in [3.05, 3.63) is 58.1 Å². The molecule has 0 aliphatic heterocycles. The predicted octanol–water partition coefficient (Wildman–Crippen LogP) is 3.74. The first-order chi connectivity index (χ1) is 14.4. The highest BCUT2D eigenvalue weighted by Crippen LogP contribution is 2.23. The summed E-state index contributed by atoms with van der Waals surface area (Å²) in [6, 6.07) is 12.0. The third-order valence-electron chi connectivity index (χ3n) is 3.88. The summed E-state index contributed by atoms with van der Waals surface area (Å²) in [5.41, 5.74) is 1.43. The number of methoxy groups -OCH3 is 1. The van der Waals surface area contributed by atoms with Crippen LogP contribution in [0.3, 0.4) is 0 Å². The molecule has 3 N–H and O–H groups in total. The minimum absolute atomic E-state index is 0.105. The highest BCUT2D eigenvalue weighted by atomic mass is 79.9. The third kappa shape index (κ3) is 7.40. The number of nitrogens with one attached hydrogen (secondary N) is 3. The molecule has 160 valence electrons. The van der Waals surface area contributed by atoms with Gasteiger partial charge in [-0.2, -0.15) is 0 Å². The summed E-state index contributed by atoms with van der Waals surface area (Å²) < 4.78 is 11.3. The Hall–Kier alpha value is -2.49. The van der Waals surface area contributed by atoms with Crippen LogP contribution < -0.4 is 20.7 Å². The van der Waals surface area contributed by atoms with Gasteiger partial charge in [-0.25, -0.2) is 0 Å². The van der Waals surface area contributed by atoms with Gasteiger partial charge < -0.3 is 20.1 Å². The Morgan fingerprint density at radius 3 is 2.63 bits per heavy atom. The molecule has 0 saturated carbocycles. The molecule has 0 saturated heterocycles. The lowest BCUT2D eigenvalue weighted by Crippen LogP contribution is -2.34. The number of rotatable bonds is 9. The molecule has 0 unspecified atom stereocenters. The van der Waals surface area contributed by atoms with Crippen molar-refractivity contribution in [2.75, 3.05) is 32.2 Å². The molecule has 2 aromatic rings. The first kappa shape index (κ1) is 23.8. The standard InChI is InChI=1S/C21H24BrN3O4S/c1-3-9-23-19(26)14-5-4-6-16(12-14)24-21(30)25-20(27)17-13-15(22)7-8-18(17)29-11-10-28-2/h4-8,12-13H,3,9-11H2,1-2H3,(H,23,26)(H2,24,25,27,30). The molecule has 0 heterocycles. The molecule has 2 amide bonds. The molecule has 0 radical (unpaired) electrons. The van der Waals surface area contributed by atoms with Gasteiger partial charge in [-0.05, 0) is 55.0 Å². The fraction of sp³-hybridized carbons (Fsp3) is 0.286. The van der Waals surface area contributed by atoms with Gasteiger partial charge in [0.05, 0.1) is 12.2 Å². The van der Waals surface area contributed by atoms with E-state index in [1.807, 2.05) is 6.92 Å². The van der Waals surface area contributed by atoms with Crippen molar-refractivity contribution in [3.8, 4) is 5.75 Å². The number of anilines is 1. The van der Waals surface area contributed by atoms with E-state index in [-0.39, 0.29) is 11.0 Å². The van der Waals surface area contributed by atoms with Crippen molar-refractivity contribution in [2.45, 2.75) is 13.3 Å². The Morgan fingerprint density at radius 1 is 1.10 bits per heavy atom. The Labute approximate surface area is 189 Å². The molecule has 0 bridgehead atoms. The maximum Gasteiger partial charge on any atom is 0.261 e. The van der Waals surface area contributed by atoms with Crippen LogP contribution in [0.4, 0.5) is 5.69 Å². The van der Waals surface area contributed by atoms with Gasteiger partial charge in [-0.15, -0.1) is 0 Å². The van der Waals surface area contributed by atoms with Crippen molar-refractivity contribution in [2.24, 2.45) is 0 Å². The molecule has 0 aliphatic carbocycles. The number of thiocarbonyl (C=S) groups is 1. The normalized spacial score (nSPS) is 10.2. The van der Waals surface area contributed by atoms with Crippen molar-refractivity contribution in [3.63, 3.8) is 0 Å². The van der Waals surface area contributed by atoms with E-state index < -0.39 is 5.91 Å². The second kappa shape index (κ2) is 12.3. The summed E-state index contributed by atoms with van der Waals surface area (Å²) in [6.45, 7) is 3.30. The SMILES string of the molecule is CCCNC(=O)c1cccc(NC(=S)NC(=O)c2cc(Br)ccc2OCCOC)c1. The monoisotopic (exact) mass is 493 g/mol. The van der Waals surface area contributed by atoms with Crippen molar-refractivity contribution in [1.29, 1.82) is 0 Å². The van der Waals surface area contributed by atoms with Crippen LogP contribution in [0.15, 0.2) is 46.9 Å². The van der Waals surface area contributed by atoms with E-state index in [0.717, 1.165) is 10.9 Å². The number of hydrogen-bond donors (Lipinski definition) is 3. The van der Waals surface area contributed by atoms with Crippen LogP contribution in [0.2, 0.25) is 0 Å². The lowest BCUT2D eigenvalue weighted by Gasteiger charge is -2.14. The minimum Gasteiger partial charge on any atom is -0.490 e. The molecule has 0 fully saturated rings. The van der Waals surface area contributed by atoms with E-state index in [0.29, 0.717) is 42.3 Å². The van der Waals surface area contributed by atoms with Gasteiger partial charge in [-0.3, -0.25) is 14.9 Å². The largest absolute Gasteiger partial charge is 0.490 e. The Balaban J connectivity index is 2.04. The third-order valence-corrected chi connectivity index (χ3v) is 4.57. The molecule has 2 rings (SSSR count). The summed E-state index contributed by atoms with van der Waals surface area (Å²) in [6.07, 6.45) is 0.854. The van der Waals surface area contributed by atoms with Gasteiger partial charge in [0, 0.05) is 29.4 Å². The Kier molecular flexibility index (Phi) is 9.72. The molecule has 0 spiro atoms. The molecule has 0 atom stereocenters. The van der Waals surface area contributed by atoms with E-state index in [1.165, 1.54) is 0 Å². The number of benzene rings is 2. The molecular weight excluding hydrogens is 470 g/mol. The smallest absolute Gasteiger partial charge is 0.261 e. The van der Waals surface area contributed by atoms with E-state index in [9.17, 15) is 9.59 Å². The van der Waals surface area contributed by atoms with Crippen molar-refractivity contribution < 1.29 is 19.1 Å². The van der Waals surface area contributed by atoms with Gasteiger partial charge >= 0.3 is 0 Å². The summed E-state index contributed by atoms with van der Waals surface area (Å²) >= 11 is 8.62. The predicted molar refractivity (Wildman–Crippen MR) is 124 cm³/mol. The highest BCUT2D eigenvalue weighted by Gasteiger charge is 2.15. The van der Waals surface area contributed by atoms with Crippen LogP contribution in [0.5, 0.6) is 5.75 Å². The molecule has 7 nitrogen and oxygen atoms in total. The highest BCUT2D eigenvalue weighted by molar-refractivity contribution is 9.10. The van der Waals surface area contributed by atoms with E-state index >= 15 is 0 Å². The van der Waals surface area contributed by atoms with Crippen molar-refractivity contribution in [1.82, 2.24) is 10.6 Å². The summed E-state index contributed by atoms with van der Waals surface area (Å²) in [5, 5.41) is 8.49. The Bertz CT molecular complexity index is 908.